The Morgan fingerprint density at radius 1 is 0.547 bits per heavy atom. The van der Waals surface area contributed by atoms with Crippen LogP contribution >= 0.6 is 0 Å². The molecule has 64 heavy (non-hydrogen) atoms. The van der Waals surface area contributed by atoms with Crippen LogP contribution in [-0.4, -0.2) is 87.5 Å². The summed E-state index contributed by atoms with van der Waals surface area (Å²) in [5, 5.41) is 54.2. The van der Waals surface area contributed by atoms with Crippen LogP contribution in [0.3, 0.4) is 0 Å². The fourth-order valence-corrected chi connectivity index (χ4v) is 7.65. The Bertz CT molecular complexity index is 1270. The molecule has 0 aliphatic carbocycles. The second-order valence-corrected chi connectivity index (χ2v) is 17.6. The van der Waals surface area contributed by atoms with Crippen molar-refractivity contribution >= 4 is 5.91 Å². The smallest absolute Gasteiger partial charge is 0.224 e. The molecular formula is C55H95NO8. The molecule has 7 unspecified atom stereocenters. The number of carbonyl (C=O) groups excluding carboxylic acids is 1. The van der Waals surface area contributed by atoms with Crippen LogP contribution in [0.15, 0.2) is 85.1 Å². The van der Waals surface area contributed by atoms with Crippen molar-refractivity contribution in [3.63, 3.8) is 0 Å². The van der Waals surface area contributed by atoms with Gasteiger partial charge in [-0.15, -0.1) is 0 Å². The van der Waals surface area contributed by atoms with Crippen molar-refractivity contribution in [1.29, 1.82) is 0 Å². The molecule has 9 nitrogen and oxygen atoms in total. The van der Waals surface area contributed by atoms with Crippen LogP contribution < -0.4 is 5.32 Å². The van der Waals surface area contributed by atoms with Gasteiger partial charge in [-0.05, 0) is 57.8 Å². The van der Waals surface area contributed by atoms with Crippen LogP contribution in [0.4, 0.5) is 0 Å². The number of carbonyl (C=O) groups is 1. The van der Waals surface area contributed by atoms with Gasteiger partial charge in [0, 0.05) is 6.42 Å². The molecular weight excluding hydrogens is 803 g/mol. The summed E-state index contributed by atoms with van der Waals surface area (Å²) in [6.07, 6.45) is 55.4. The van der Waals surface area contributed by atoms with Crippen LogP contribution in [0.1, 0.15) is 200 Å². The van der Waals surface area contributed by atoms with E-state index >= 15 is 0 Å². The predicted molar refractivity (Wildman–Crippen MR) is 267 cm³/mol. The summed E-state index contributed by atoms with van der Waals surface area (Å²) in [4.78, 5) is 12.9. The molecule has 7 atom stereocenters. The third-order valence-electron chi connectivity index (χ3n) is 11.7. The van der Waals surface area contributed by atoms with E-state index in [-0.39, 0.29) is 18.9 Å². The number of hydrogen-bond donors (Lipinski definition) is 6. The minimum absolute atomic E-state index is 0.102. The average molecular weight is 898 g/mol. The third kappa shape index (κ3) is 33.8. The van der Waals surface area contributed by atoms with Gasteiger partial charge in [-0.3, -0.25) is 4.79 Å². The highest BCUT2D eigenvalue weighted by atomic mass is 16.7. The van der Waals surface area contributed by atoms with Gasteiger partial charge in [-0.1, -0.05) is 221 Å². The largest absolute Gasteiger partial charge is 0.394 e. The Kier molecular flexibility index (Phi) is 41.0. The molecule has 1 heterocycles. The number of nitrogens with one attached hydrogen (secondary N) is 1. The van der Waals surface area contributed by atoms with Gasteiger partial charge in [-0.25, -0.2) is 0 Å². The first kappa shape index (κ1) is 59.4. The summed E-state index contributed by atoms with van der Waals surface area (Å²) in [7, 11) is 0. The second-order valence-electron chi connectivity index (χ2n) is 17.6. The molecule has 368 valence electrons. The maximum absolute atomic E-state index is 12.9. The number of rotatable bonds is 42. The molecule has 1 saturated heterocycles. The zero-order valence-electron chi connectivity index (χ0n) is 40.5. The lowest BCUT2D eigenvalue weighted by molar-refractivity contribution is -0.302. The second kappa shape index (κ2) is 44.2. The van der Waals surface area contributed by atoms with Crippen LogP contribution in [0.2, 0.25) is 0 Å². The summed E-state index contributed by atoms with van der Waals surface area (Å²) in [6, 6.07) is -0.881. The minimum Gasteiger partial charge on any atom is -0.394 e. The van der Waals surface area contributed by atoms with E-state index in [1.54, 1.807) is 12.2 Å². The number of aliphatic hydroxyl groups excluding tert-OH is 5. The van der Waals surface area contributed by atoms with E-state index in [0.29, 0.717) is 6.42 Å². The SMILES string of the molecule is CC/C=C\C/C=C\C/C=C\C/C=C\C/C=C\CC(=O)NC(COC1OC(CO)C(O)C(O)C1O)C(O)/C=C/CC/C=C/CCCCCCCCCCCCCCCCCCCCCC. The van der Waals surface area contributed by atoms with Crippen molar-refractivity contribution in [2.24, 2.45) is 0 Å². The molecule has 6 N–H and O–H groups in total. The highest BCUT2D eigenvalue weighted by molar-refractivity contribution is 5.77. The van der Waals surface area contributed by atoms with Crippen molar-refractivity contribution in [3.8, 4) is 0 Å². The van der Waals surface area contributed by atoms with Gasteiger partial charge in [0.15, 0.2) is 6.29 Å². The summed E-state index contributed by atoms with van der Waals surface area (Å²) < 4.78 is 11.2. The Morgan fingerprint density at radius 2 is 0.984 bits per heavy atom. The highest BCUT2D eigenvalue weighted by Gasteiger charge is 2.44. The molecule has 0 aromatic carbocycles. The Labute approximate surface area is 391 Å². The zero-order chi connectivity index (χ0) is 46.6. The van der Waals surface area contributed by atoms with Crippen LogP contribution in [0, 0.1) is 0 Å². The van der Waals surface area contributed by atoms with Crippen molar-refractivity contribution < 1.29 is 39.8 Å². The van der Waals surface area contributed by atoms with Crippen molar-refractivity contribution in [1.82, 2.24) is 5.32 Å². The van der Waals surface area contributed by atoms with E-state index in [0.717, 1.165) is 44.9 Å². The molecule has 1 amide bonds. The topological polar surface area (TPSA) is 149 Å². The average Bonchev–Trinajstić information content (AvgIpc) is 3.29. The highest BCUT2D eigenvalue weighted by Crippen LogP contribution is 2.22. The molecule has 1 fully saturated rings. The molecule has 0 spiro atoms. The number of ether oxygens (including phenoxy) is 2. The summed E-state index contributed by atoms with van der Waals surface area (Å²) >= 11 is 0. The van der Waals surface area contributed by atoms with Crippen LogP contribution in [0.25, 0.3) is 0 Å². The van der Waals surface area contributed by atoms with Gasteiger partial charge in [0.2, 0.25) is 5.91 Å². The Balaban J connectivity index is 2.33. The maximum Gasteiger partial charge on any atom is 0.224 e. The fraction of sp³-hybridized carbons (Fsp3) is 0.727. The lowest BCUT2D eigenvalue weighted by Gasteiger charge is -2.40. The van der Waals surface area contributed by atoms with Gasteiger partial charge < -0.3 is 40.3 Å². The summed E-state index contributed by atoms with van der Waals surface area (Å²) in [6.45, 7) is 3.58. The van der Waals surface area contributed by atoms with Gasteiger partial charge in [0.1, 0.15) is 24.4 Å². The molecule has 0 aromatic heterocycles. The first-order valence-corrected chi connectivity index (χ1v) is 25.8. The Morgan fingerprint density at radius 3 is 1.47 bits per heavy atom. The number of amides is 1. The zero-order valence-corrected chi connectivity index (χ0v) is 40.5. The third-order valence-corrected chi connectivity index (χ3v) is 11.7. The number of aliphatic hydroxyl groups is 5. The number of hydrogen-bond acceptors (Lipinski definition) is 8. The molecule has 0 aromatic rings. The van der Waals surface area contributed by atoms with Gasteiger partial charge in [-0.2, -0.15) is 0 Å². The molecule has 0 saturated carbocycles. The van der Waals surface area contributed by atoms with Crippen molar-refractivity contribution in [2.45, 2.75) is 243 Å². The van der Waals surface area contributed by atoms with E-state index in [2.05, 4.69) is 73.8 Å². The summed E-state index contributed by atoms with van der Waals surface area (Å²) in [5.74, 6) is -0.316. The van der Waals surface area contributed by atoms with E-state index in [9.17, 15) is 30.3 Å². The van der Waals surface area contributed by atoms with E-state index in [4.69, 9.17) is 9.47 Å². The van der Waals surface area contributed by atoms with E-state index in [1.165, 1.54) is 128 Å². The molecule has 1 rings (SSSR count). The maximum atomic E-state index is 12.9. The van der Waals surface area contributed by atoms with E-state index in [1.807, 2.05) is 18.2 Å². The summed E-state index contributed by atoms with van der Waals surface area (Å²) in [5.41, 5.74) is 0. The molecule has 1 aliphatic rings. The minimum atomic E-state index is -1.59. The van der Waals surface area contributed by atoms with Gasteiger partial charge >= 0.3 is 0 Å². The molecule has 1 aliphatic heterocycles. The number of unbranched alkanes of at least 4 members (excludes halogenated alkanes) is 21. The van der Waals surface area contributed by atoms with Crippen molar-refractivity contribution in [3.05, 3.63) is 85.1 Å². The number of allylic oxidation sites excluding steroid dienone is 12. The molecule has 0 bridgehead atoms. The van der Waals surface area contributed by atoms with Crippen LogP contribution in [-0.2, 0) is 14.3 Å². The first-order chi connectivity index (χ1) is 31.3. The quantitative estimate of drug-likeness (QED) is 0.0262. The fourth-order valence-electron chi connectivity index (χ4n) is 7.65. The van der Waals surface area contributed by atoms with Gasteiger partial charge in [0.05, 0.1) is 25.4 Å². The van der Waals surface area contributed by atoms with Crippen molar-refractivity contribution in [2.75, 3.05) is 13.2 Å². The predicted octanol–water partition coefficient (Wildman–Crippen LogP) is 11.9. The molecule has 9 heteroatoms. The Hall–Kier alpha value is -2.63. The van der Waals surface area contributed by atoms with E-state index < -0.39 is 49.5 Å². The standard InChI is InChI=1S/C55H95NO8/c1-3-5-7-9-11-13-15-17-19-20-21-22-23-24-25-26-27-28-29-31-32-34-36-38-40-42-44-49(58)48(47-63-55-54(62)53(61)52(60)50(46-57)64-55)56-51(59)45-43-41-39-37-35-33-30-18-16-14-12-10-8-6-4-2/h6,8,12,14,18,30,34-37,41-44,48-50,52-55,57-58,60-62H,3-5,7,9-11,13,15-17,19-29,31-33,38-40,45-47H2,1-2H3,(H,56,59)/b8-6-,14-12-,30-18-,36-34+,37-35-,43-41-,44-42+. The molecule has 0 radical (unpaired) electrons. The lowest BCUT2D eigenvalue weighted by Crippen LogP contribution is -2.60. The van der Waals surface area contributed by atoms with Crippen LogP contribution in [0.5, 0.6) is 0 Å². The normalized spacial score (nSPS) is 20.8. The first-order valence-electron chi connectivity index (χ1n) is 25.8. The lowest BCUT2D eigenvalue weighted by atomic mass is 9.99. The monoisotopic (exact) mass is 898 g/mol. The van der Waals surface area contributed by atoms with Gasteiger partial charge in [0.25, 0.3) is 0 Å².